The number of para-hydroxylation sites is 1. The highest BCUT2D eigenvalue weighted by Crippen LogP contribution is 2.35. The Morgan fingerprint density at radius 2 is 1.76 bits per heavy atom. The SMILES string of the molecule is CC(C)(C)c1ccccc1Oc1ccc(Br)cc1CCN. The van der Waals surface area contributed by atoms with Gasteiger partial charge in [0.05, 0.1) is 0 Å². The molecule has 2 rings (SSSR count). The lowest BCUT2D eigenvalue weighted by Gasteiger charge is -2.23. The first-order valence-electron chi connectivity index (χ1n) is 7.17. The first-order valence-corrected chi connectivity index (χ1v) is 7.97. The minimum Gasteiger partial charge on any atom is -0.457 e. The number of hydrogen-bond donors (Lipinski definition) is 1. The molecule has 0 bridgehead atoms. The summed E-state index contributed by atoms with van der Waals surface area (Å²) in [5, 5.41) is 0. The molecule has 2 nitrogen and oxygen atoms in total. The van der Waals surface area contributed by atoms with Crippen molar-refractivity contribution in [1.82, 2.24) is 0 Å². The van der Waals surface area contributed by atoms with Gasteiger partial charge in [0.1, 0.15) is 11.5 Å². The number of benzene rings is 2. The van der Waals surface area contributed by atoms with Crippen LogP contribution in [0.3, 0.4) is 0 Å². The van der Waals surface area contributed by atoms with Crippen molar-refractivity contribution in [3.05, 3.63) is 58.1 Å². The van der Waals surface area contributed by atoms with Gasteiger partial charge in [0.2, 0.25) is 0 Å². The van der Waals surface area contributed by atoms with E-state index in [2.05, 4.69) is 54.9 Å². The molecule has 2 aromatic rings. The third kappa shape index (κ3) is 4.08. The van der Waals surface area contributed by atoms with Crippen LogP contribution in [-0.4, -0.2) is 6.54 Å². The minimum atomic E-state index is 0.0417. The summed E-state index contributed by atoms with van der Waals surface area (Å²) in [6.07, 6.45) is 0.798. The van der Waals surface area contributed by atoms with Gasteiger partial charge < -0.3 is 10.5 Å². The summed E-state index contributed by atoms with van der Waals surface area (Å²) in [6, 6.07) is 14.3. The average Bonchev–Trinajstić information content (AvgIpc) is 2.41. The van der Waals surface area contributed by atoms with Crippen molar-refractivity contribution in [3.63, 3.8) is 0 Å². The van der Waals surface area contributed by atoms with Crippen molar-refractivity contribution in [3.8, 4) is 11.5 Å². The van der Waals surface area contributed by atoms with Gasteiger partial charge >= 0.3 is 0 Å². The van der Waals surface area contributed by atoms with Crippen molar-refractivity contribution < 1.29 is 4.74 Å². The van der Waals surface area contributed by atoms with E-state index in [1.807, 2.05) is 24.3 Å². The van der Waals surface area contributed by atoms with E-state index in [1.165, 1.54) is 5.56 Å². The summed E-state index contributed by atoms with van der Waals surface area (Å²) in [4.78, 5) is 0. The van der Waals surface area contributed by atoms with Crippen molar-refractivity contribution in [2.24, 2.45) is 5.73 Å². The molecule has 2 aromatic carbocycles. The number of halogens is 1. The molecule has 112 valence electrons. The third-order valence-electron chi connectivity index (χ3n) is 3.35. The Morgan fingerprint density at radius 1 is 1.05 bits per heavy atom. The second kappa shape index (κ2) is 6.63. The predicted octanol–water partition coefficient (Wildman–Crippen LogP) is 5.04. The molecule has 3 heteroatoms. The molecule has 0 unspecified atom stereocenters. The molecule has 0 fully saturated rings. The molecule has 0 saturated carbocycles. The maximum atomic E-state index is 6.20. The summed E-state index contributed by atoms with van der Waals surface area (Å²) < 4.78 is 7.24. The molecule has 0 aliphatic carbocycles. The second-order valence-corrected chi connectivity index (χ2v) is 7.05. The number of ether oxygens (including phenoxy) is 1. The van der Waals surface area contributed by atoms with Crippen LogP contribution in [0.15, 0.2) is 46.9 Å². The van der Waals surface area contributed by atoms with Gasteiger partial charge in [0, 0.05) is 10.0 Å². The maximum absolute atomic E-state index is 6.20. The molecule has 0 spiro atoms. The molecule has 0 amide bonds. The van der Waals surface area contributed by atoms with Gasteiger partial charge in [-0.3, -0.25) is 0 Å². The highest BCUT2D eigenvalue weighted by atomic mass is 79.9. The summed E-state index contributed by atoms with van der Waals surface area (Å²) in [5.41, 5.74) is 8.06. The Balaban J connectivity index is 2.39. The average molecular weight is 348 g/mol. The zero-order valence-electron chi connectivity index (χ0n) is 12.8. The molecule has 0 saturated heterocycles. The summed E-state index contributed by atoms with van der Waals surface area (Å²) in [5.74, 6) is 1.78. The van der Waals surface area contributed by atoms with E-state index >= 15 is 0 Å². The molecule has 21 heavy (non-hydrogen) atoms. The topological polar surface area (TPSA) is 35.2 Å². The highest BCUT2D eigenvalue weighted by Gasteiger charge is 2.19. The summed E-state index contributed by atoms with van der Waals surface area (Å²) >= 11 is 3.50. The van der Waals surface area contributed by atoms with Crippen LogP contribution in [0.25, 0.3) is 0 Å². The Bertz CT molecular complexity index is 617. The van der Waals surface area contributed by atoms with Crippen LogP contribution < -0.4 is 10.5 Å². The monoisotopic (exact) mass is 347 g/mol. The second-order valence-electron chi connectivity index (χ2n) is 6.14. The van der Waals surface area contributed by atoms with Crippen molar-refractivity contribution in [2.45, 2.75) is 32.6 Å². The Hall–Kier alpha value is -1.32. The molecule has 0 radical (unpaired) electrons. The smallest absolute Gasteiger partial charge is 0.131 e. The number of nitrogens with two attached hydrogens (primary N) is 1. The molecule has 0 atom stereocenters. The molecule has 0 aromatic heterocycles. The Kier molecular flexibility index (Phi) is 5.07. The molecule has 0 aliphatic heterocycles. The third-order valence-corrected chi connectivity index (χ3v) is 3.84. The lowest BCUT2D eigenvalue weighted by Crippen LogP contribution is -2.12. The fourth-order valence-electron chi connectivity index (χ4n) is 2.29. The number of rotatable bonds is 4. The van der Waals surface area contributed by atoms with Crippen LogP contribution in [-0.2, 0) is 11.8 Å². The van der Waals surface area contributed by atoms with Gasteiger partial charge in [-0.2, -0.15) is 0 Å². The van der Waals surface area contributed by atoms with Gasteiger partial charge in [-0.25, -0.2) is 0 Å². The summed E-state index contributed by atoms with van der Waals surface area (Å²) in [6.45, 7) is 7.18. The molecular formula is C18H22BrNO. The fraction of sp³-hybridized carbons (Fsp3) is 0.333. The first-order chi connectivity index (χ1) is 9.91. The zero-order chi connectivity index (χ0) is 15.5. The van der Waals surface area contributed by atoms with Crippen LogP contribution in [0.2, 0.25) is 0 Å². The largest absolute Gasteiger partial charge is 0.457 e. The highest BCUT2D eigenvalue weighted by molar-refractivity contribution is 9.10. The molecule has 0 heterocycles. The van der Waals surface area contributed by atoms with E-state index in [1.54, 1.807) is 0 Å². The number of hydrogen-bond acceptors (Lipinski definition) is 2. The minimum absolute atomic E-state index is 0.0417. The van der Waals surface area contributed by atoms with Crippen LogP contribution in [0, 0.1) is 0 Å². The van der Waals surface area contributed by atoms with Gasteiger partial charge in [-0.1, -0.05) is 54.9 Å². The van der Waals surface area contributed by atoms with Crippen LogP contribution in [0.5, 0.6) is 11.5 Å². The van der Waals surface area contributed by atoms with Crippen molar-refractivity contribution in [2.75, 3.05) is 6.54 Å². The van der Waals surface area contributed by atoms with E-state index in [0.29, 0.717) is 6.54 Å². The van der Waals surface area contributed by atoms with Crippen LogP contribution >= 0.6 is 15.9 Å². The molecule has 2 N–H and O–H groups in total. The lowest BCUT2D eigenvalue weighted by atomic mass is 9.86. The van der Waals surface area contributed by atoms with Gasteiger partial charge in [0.15, 0.2) is 0 Å². The van der Waals surface area contributed by atoms with Gasteiger partial charge in [0.25, 0.3) is 0 Å². The van der Waals surface area contributed by atoms with E-state index in [-0.39, 0.29) is 5.41 Å². The quantitative estimate of drug-likeness (QED) is 0.840. The van der Waals surface area contributed by atoms with Crippen LogP contribution in [0.1, 0.15) is 31.9 Å². The van der Waals surface area contributed by atoms with Crippen molar-refractivity contribution in [1.29, 1.82) is 0 Å². The van der Waals surface area contributed by atoms with Crippen molar-refractivity contribution >= 4 is 15.9 Å². The van der Waals surface area contributed by atoms with E-state index in [4.69, 9.17) is 10.5 Å². The Labute approximate surface area is 135 Å². The van der Waals surface area contributed by atoms with Crippen LogP contribution in [0.4, 0.5) is 0 Å². The standard InChI is InChI=1S/C18H22BrNO/c1-18(2,3)15-6-4-5-7-17(15)21-16-9-8-14(19)12-13(16)10-11-20/h4-9,12H,10-11,20H2,1-3H3. The predicted molar refractivity (Wildman–Crippen MR) is 92.1 cm³/mol. The normalized spacial score (nSPS) is 11.5. The summed E-state index contributed by atoms with van der Waals surface area (Å²) in [7, 11) is 0. The zero-order valence-corrected chi connectivity index (χ0v) is 14.4. The maximum Gasteiger partial charge on any atom is 0.131 e. The van der Waals surface area contributed by atoms with Gasteiger partial charge in [-0.15, -0.1) is 0 Å². The fourth-order valence-corrected chi connectivity index (χ4v) is 2.70. The van der Waals surface area contributed by atoms with E-state index < -0.39 is 0 Å². The van der Waals surface area contributed by atoms with E-state index in [9.17, 15) is 0 Å². The van der Waals surface area contributed by atoms with E-state index in [0.717, 1.165) is 28.0 Å². The van der Waals surface area contributed by atoms with Gasteiger partial charge in [-0.05, 0) is 48.2 Å². The first kappa shape index (κ1) is 16.1. The molecular weight excluding hydrogens is 326 g/mol. The Morgan fingerprint density at radius 3 is 2.43 bits per heavy atom. The molecule has 0 aliphatic rings. The lowest BCUT2D eigenvalue weighted by molar-refractivity contribution is 0.450.